The standard InChI is InChI=1S/C20H12O5.C19H30N4O9/c21-11-5-7-15-17(9-11)25-18-10-12(22)6-8-16(18)19(15)13-3-1-2-4-14(13)20(23)24;1-7-31-19(29)15-14(32-15)18(28)23(8-12(25)30-6)22-16(26)10(4)20-17(27)13(9(2)3)21-11(5)24/h1-10,21H,(H,23,24);9-10,13-15H,7-8H2,1-6H3,(H,20,27)(H,21,24)(H,22,26). The van der Waals surface area contributed by atoms with Crippen LogP contribution >= 0.6 is 0 Å². The highest BCUT2D eigenvalue weighted by atomic mass is 16.6. The van der Waals surface area contributed by atoms with Crippen LogP contribution in [0.2, 0.25) is 0 Å². The number of esters is 2. The number of carboxylic acid groups (broad SMARTS) is 1. The molecule has 4 atom stereocenters. The van der Waals surface area contributed by atoms with E-state index in [9.17, 15) is 48.6 Å². The van der Waals surface area contributed by atoms with Crippen LogP contribution in [-0.4, -0.2) is 101 Å². The molecule has 5 rings (SSSR count). The topological polar surface area (TPSA) is 260 Å². The Hall–Kier alpha value is -6.82. The fraction of sp³-hybridized carbons (Fsp3) is 0.333. The molecule has 1 saturated heterocycles. The first-order chi connectivity index (χ1) is 27.0. The van der Waals surface area contributed by atoms with Crippen molar-refractivity contribution in [2.24, 2.45) is 5.92 Å². The number of hydrogen-bond acceptors (Lipinski definition) is 13. The third kappa shape index (κ3) is 10.7. The van der Waals surface area contributed by atoms with Gasteiger partial charge in [-0.3, -0.25) is 34.2 Å². The number of carbonyl (C=O) groups is 7. The van der Waals surface area contributed by atoms with Crippen LogP contribution in [0.15, 0.2) is 69.9 Å². The van der Waals surface area contributed by atoms with Gasteiger partial charge in [-0.25, -0.2) is 14.6 Å². The molecule has 1 fully saturated rings. The number of amides is 4. The summed E-state index contributed by atoms with van der Waals surface area (Å²) in [5.41, 5.74) is 4.32. The molecular weight excluding hydrogens is 748 g/mol. The Labute approximate surface area is 325 Å². The van der Waals surface area contributed by atoms with Gasteiger partial charge >= 0.3 is 17.9 Å². The predicted molar refractivity (Wildman–Crippen MR) is 200 cm³/mol. The first kappa shape index (κ1) is 42.9. The number of nitrogens with one attached hydrogen (secondary N) is 3. The smallest absolute Gasteiger partial charge is 0.338 e. The van der Waals surface area contributed by atoms with E-state index in [0.717, 1.165) is 7.11 Å². The van der Waals surface area contributed by atoms with Crippen molar-refractivity contribution in [3.8, 4) is 28.2 Å². The summed E-state index contributed by atoms with van der Waals surface area (Å²) in [6.45, 7) is 7.08. The van der Waals surface area contributed by atoms with Crippen molar-refractivity contribution >= 4 is 52.5 Å². The summed E-state index contributed by atoms with van der Waals surface area (Å²) in [5, 5.41) is 25.5. The molecule has 2 aliphatic heterocycles. The van der Waals surface area contributed by atoms with Crippen LogP contribution in [0.1, 0.15) is 45.0 Å². The normalized spacial score (nSPS) is 15.3. The molecule has 0 aromatic heterocycles. The molecule has 18 nitrogen and oxygen atoms in total. The fourth-order valence-electron chi connectivity index (χ4n) is 5.61. The Kier molecular flexibility index (Phi) is 14.1. The number of nitrogens with zero attached hydrogens (tertiary/aromatic N) is 1. The van der Waals surface area contributed by atoms with Crippen LogP contribution in [0.3, 0.4) is 0 Å². The summed E-state index contributed by atoms with van der Waals surface area (Å²) < 4.78 is 20.1. The average Bonchev–Trinajstić information content (AvgIpc) is 3.97. The monoisotopic (exact) mass is 790 g/mol. The quantitative estimate of drug-likeness (QED) is 0.0595. The molecule has 0 spiro atoms. The average molecular weight is 791 g/mol. The molecule has 18 heteroatoms. The lowest BCUT2D eigenvalue weighted by Gasteiger charge is -2.26. The highest BCUT2D eigenvalue weighted by molar-refractivity contribution is 6.07. The molecule has 1 aliphatic carbocycles. The van der Waals surface area contributed by atoms with E-state index in [1.54, 1.807) is 51.1 Å². The molecule has 0 saturated carbocycles. The van der Waals surface area contributed by atoms with E-state index in [4.69, 9.17) is 13.9 Å². The van der Waals surface area contributed by atoms with Gasteiger partial charge in [0, 0.05) is 35.6 Å². The number of carboxylic acids is 1. The second kappa shape index (κ2) is 18.7. The molecule has 2 heterocycles. The van der Waals surface area contributed by atoms with Crippen molar-refractivity contribution < 1.29 is 62.4 Å². The van der Waals surface area contributed by atoms with Gasteiger partial charge in [0.1, 0.15) is 35.7 Å². The van der Waals surface area contributed by atoms with Gasteiger partial charge < -0.3 is 39.5 Å². The summed E-state index contributed by atoms with van der Waals surface area (Å²) in [5.74, 6) is -5.22. The number of aromatic hydroxyl groups is 1. The van der Waals surface area contributed by atoms with E-state index in [1.165, 1.54) is 44.2 Å². The molecule has 4 unspecified atom stereocenters. The SMILES string of the molecule is CCOC(=O)C1OC1C(=O)N(CC(=O)OC)NC(=O)C(C)NC(=O)C(NC(C)=O)C(C)C.O=C(O)c1ccccc1-c1c2ccc(=O)cc-2oc2cc(O)ccc12. The second-order valence-corrected chi connectivity index (χ2v) is 13.0. The molecular formula is C39H42N4O14. The zero-order valence-corrected chi connectivity index (χ0v) is 31.8. The Morgan fingerprint density at radius 2 is 1.60 bits per heavy atom. The highest BCUT2D eigenvalue weighted by Gasteiger charge is 2.53. The lowest BCUT2D eigenvalue weighted by molar-refractivity contribution is -0.152. The Morgan fingerprint density at radius 1 is 0.895 bits per heavy atom. The van der Waals surface area contributed by atoms with Gasteiger partial charge in [-0.1, -0.05) is 32.0 Å². The van der Waals surface area contributed by atoms with Crippen molar-refractivity contribution in [2.45, 2.75) is 58.9 Å². The fourth-order valence-corrected chi connectivity index (χ4v) is 5.61. The van der Waals surface area contributed by atoms with E-state index in [-0.39, 0.29) is 29.3 Å². The number of epoxide rings is 1. The number of carbonyl (C=O) groups excluding carboxylic acids is 6. The lowest BCUT2D eigenvalue weighted by Crippen LogP contribution is -2.58. The molecule has 0 bridgehead atoms. The Morgan fingerprint density at radius 3 is 2.23 bits per heavy atom. The molecule has 0 radical (unpaired) electrons. The molecule has 5 N–H and O–H groups in total. The van der Waals surface area contributed by atoms with Gasteiger partial charge in [0.05, 0.1) is 19.3 Å². The summed E-state index contributed by atoms with van der Waals surface area (Å²) in [7, 11) is 1.10. The minimum absolute atomic E-state index is 0.0198. The van der Waals surface area contributed by atoms with Gasteiger partial charge in [-0.2, -0.15) is 0 Å². The molecule has 302 valence electrons. The molecule has 3 aliphatic rings. The number of phenolic OH excluding ortho intramolecular Hbond substituents is 1. The number of methoxy groups -OCH3 is 1. The number of hydrazine groups is 1. The Bertz CT molecular complexity index is 2220. The summed E-state index contributed by atoms with van der Waals surface area (Å²) >= 11 is 0. The largest absolute Gasteiger partial charge is 0.508 e. The van der Waals surface area contributed by atoms with Crippen molar-refractivity contribution in [3.63, 3.8) is 0 Å². The maximum absolute atomic E-state index is 12.6. The van der Waals surface area contributed by atoms with E-state index >= 15 is 0 Å². The van der Waals surface area contributed by atoms with Gasteiger partial charge in [0.2, 0.25) is 11.8 Å². The maximum atomic E-state index is 12.6. The zero-order valence-electron chi connectivity index (χ0n) is 31.8. The van der Waals surface area contributed by atoms with Crippen molar-refractivity contribution in [2.75, 3.05) is 20.3 Å². The summed E-state index contributed by atoms with van der Waals surface area (Å²) in [4.78, 5) is 95.7. The number of hydrogen-bond donors (Lipinski definition) is 5. The van der Waals surface area contributed by atoms with Crippen LogP contribution < -0.4 is 21.5 Å². The van der Waals surface area contributed by atoms with Crippen LogP contribution in [-0.2, 0) is 43.0 Å². The van der Waals surface area contributed by atoms with Crippen molar-refractivity contribution in [1.29, 1.82) is 0 Å². The first-order valence-electron chi connectivity index (χ1n) is 17.6. The van der Waals surface area contributed by atoms with Gasteiger partial charge in [0.15, 0.2) is 17.6 Å². The van der Waals surface area contributed by atoms with Crippen LogP contribution in [0.25, 0.3) is 33.4 Å². The van der Waals surface area contributed by atoms with E-state index in [2.05, 4.69) is 20.8 Å². The molecule has 2 aromatic rings. The van der Waals surface area contributed by atoms with Gasteiger partial charge in [-0.15, -0.1) is 0 Å². The van der Waals surface area contributed by atoms with Gasteiger partial charge in [0.25, 0.3) is 11.8 Å². The predicted octanol–water partition coefficient (Wildman–Crippen LogP) is 1.98. The third-order valence-electron chi connectivity index (χ3n) is 8.44. The minimum Gasteiger partial charge on any atom is -0.508 e. The van der Waals surface area contributed by atoms with Crippen molar-refractivity contribution in [1.82, 2.24) is 21.1 Å². The number of rotatable bonds is 12. The second-order valence-electron chi connectivity index (χ2n) is 13.0. The molecule has 57 heavy (non-hydrogen) atoms. The lowest BCUT2D eigenvalue weighted by atomic mass is 9.91. The van der Waals surface area contributed by atoms with Crippen LogP contribution in [0.4, 0.5) is 0 Å². The molecule has 4 amide bonds. The number of benzene rings is 3. The van der Waals surface area contributed by atoms with E-state index in [1.807, 2.05) is 0 Å². The van der Waals surface area contributed by atoms with E-state index < -0.39 is 72.4 Å². The maximum Gasteiger partial charge on any atom is 0.338 e. The summed E-state index contributed by atoms with van der Waals surface area (Å²) in [6, 6.07) is 13.7. The number of phenols is 1. The number of aromatic carboxylic acids is 1. The Balaban J connectivity index is 0.000000259. The van der Waals surface area contributed by atoms with E-state index in [0.29, 0.717) is 38.4 Å². The minimum atomic E-state index is -1.23. The van der Waals surface area contributed by atoms with Crippen LogP contribution in [0.5, 0.6) is 5.75 Å². The highest BCUT2D eigenvalue weighted by Crippen LogP contribution is 2.41. The summed E-state index contributed by atoms with van der Waals surface area (Å²) in [6.07, 6.45) is -2.37. The molecule has 2 aromatic carbocycles. The van der Waals surface area contributed by atoms with Gasteiger partial charge in [-0.05, 0) is 55.7 Å². The van der Waals surface area contributed by atoms with Crippen LogP contribution in [0, 0.1) is 5.92 Å². The first-order valence-corrected chi connectivity index (χ1v) is 17.6. The third-order valence-corrected chi connectivity index (χ3v) is 8.44. The number of ether oxygens (including phenoxy) is 3. The zero-order chi connectivity index (χ0) is 42.1. The van der Waals surface area contributed by atoms with Crippen molar-refractivity contribution in [3.05, 3.63) is 76.5 Å². The number of fused-ring (bicyclic) bond motifs is 2.